The van der Waals surface area contributed by atoms with Gasteiger partial charge in [-0.3, -0.25) is 4.79 Å². The van der Waals surface area contributed by atoms with Gasteiger partial charge in [-0.2, -0.15) is 15.8 Å². The molecule has 0 saturated carbocycles. The highest BCUT2D eigenvalue weighted by molar-refractivity contribution is 6.00. The highest BCUT2D eigenvalue weighted by Crippen LogP contribution is 2.20. The second-order valence-electron chi connectivity index (χ2n) is 5.36. The number of nitrogens with one attached hydrogen (secondary N) is 2. The number of carbonyl (C=O) groups is 1. The maximum absolute atomic E-state index is 12.6. The molecule has 2 aromatic carbocycles. The van der Waals surface area contributed by atoms with E-state index >= 15 is 0 Å². The van der Waals surface area contributed by atoms with Gasteiger partial charge in [0.25, 0.3) is 5.91 Å². The summed E-state index contributed by atoms with van der Waals surface area (Å²) < 4.78 is 0. The van der Waals surface area contributed by atoms with Gasteiger partial charge in [0.1, 0.15) is 23.9 Å². The lowest BCUT2D eigenvalue weighted by molar-refractivity contribution is 0.0940. The molecule has 0 fully saturated rings. The van der Waals surface area contributed by atoms with Crippen LogP contribution in [0.4, 0.5) is 5.69 Å². The molecule has 1 unspecified atom stereocenters. The summed E-state index contributed by atoms with van der Waals surface area (Å²) in [4.78, 5) is 12.6. The van der Waals surface area contributed by atoms with E-state index in [-0.39, 0.29) is 23.2 Å². The van der Waals surface area contributed by atoms with Crippen molar-refractivity contribution in [3.05, 3.63) is 77.0 Å². The van der Waals surface area contributed by atoms with Crippen LogP contribution in [0.3, 0.4) is 0 Å². The Labute approximate surface area is 151 Å². The quantitative estimate of drug-likeness (QED) is 0.809. The third-order valence-electron chi connectivity index (χ3n) is 3.66. The van der Waals surface area contributed by atoms with Gasteiger partial charge in [0.2, 0.25) is 0 Å². The molecule has 6 nitrogen and oxygen atoms in total. The van der Waals surface area contributed by atoms with Gasteiger partial charge in [-0.1, -0.05) is 42.5 Å². The molecule has 0 aliphatic carbocycles. The minimum Gasteiger partial charge on any atom is -0.345 e. The van der Waals surface area contributed by atoms with Crippen LogP contribution in [0.2, 0.25) is 0 Å². The standard InChI is InChI=1S/C20H15N5O/c1-14(15-7-3-2-4-8-15)24-20(26)17-9-5-6-10-18(17)25-19(13-23)16(11-21)12-22/h2-10,14,25H,1H3,(H,24,26). The van der Waals surface area contributed by atoms with Crippen molar-refractivity contribution < 1.29 is 4.79 Å². The Balaban J connectivity index is 2.28. The molecule has 126 valence electrons. The fourth-order valence-electron chi connectivity index (χ4n) is 2.31. The summed E-state index contributed by atoms with van der Waals surface area (Å²) in [7, 11) is 0. The van der Waals surface area contributed by atoms with Crippen molar-refractivity contribution in [2.45, 2.75) is 13.0 Å². The fraction of sp³-hybridized carbons (Fsp3) is 0.100. The lowest BCUT2D eigenvalue weighted by Gasteiger charge is -2.16. The van der Waals surface area contributed by atoms with Crippen molar-refractivity contribution >= 4 is 11.6 Å². The number of benzene rings is 2. The first-order valence-electron chi connectivity index (χ1n) is 7.77. The summed E-state index contributed by atoms with van der Waals surface area (Å²) in [5, 5.41) is 32.6. The van der Waals surface area contributed by atoms with Gasteiger partial charge in [0.05, 0.1) is 17.3 Å². The van der Waals surface area contributed by atoms with Crippen molar-refractivity contribution in [1.82, 2.24) is 5.32 Å². The lowest BCUT2D eigenvalue weighted by atomic mass is 10.1. The molecule has 26 heavy (non-hydrogen) atoms. The molecule has 0 heterocycles. The maximum Gasteiger partial charge on any atom is 0.253 e. The summed E-state index contributed by atoms with van der Waals surface area (Å²) in [5.74, 6) is -0.336. The zero-order chi connectivity index (χ0) is 18.9. The van der Waals surface area contributed by atoms with Gasteiger partial charge in [0.15, 0.2) is 5.57 Å². The molecule has 2 N–H and O–H groups in total. The zero-order valence-electron chi connectivity index (χ0n) is 14.0. The number of rotatable bonds is 5. The van der Waals surface area contributed by atoms with Crippen LogP contribution in [-0.4, -0.2) is 5.91 Å². The number of anilines is 1. The smallest absolute Gasteiger partial charge is 0.253 e. The monoisotopic (exact) mass is 341 g/mol. The summed E-state index contributed by atoms with van der Waals surface area (Å²) >= 11 is 0. The average molecular weight is 341 g/mol. The van der Waals surface area contributed by atoms with E-state index in [1.54, 1.807) is 42.5 Å². The van der Waals surface area contributed by atoms with Gasteiger partial charge in [-0.05, 0) is 24.6 Å². The Kier molecular flexibility index (Phi) is 6.10. The van der Waals surface area contributed by atoms with Crippen molar-refractivity contribution in [3.63, 3.8) is 0 Å². The molecule has 1 amide bonds. The summed E-state index contributed by atoms with van der Waals surface area (Å²) in [6.07, 6.45) is 0. The predicted octanol–water partition coefficient (Wildman–Crippen LogP) is 3.41. The molecule has 1 atom stereocenters. The molecule has 0 radical (unpaired) electrons. The molecule has 6 heteroatoms. The van der Waals surface area contributed by atoms with Gasteiger partial charge < -0.3 is 10.6 Å². The summed E-state index contributed by atoms with van der Waals surface area (Å²) in [6.45, 7) is 1.87. The highest BCUT2D eigenvalue weighted by atomic mass is 16.1. The first-order valence-corrected chi connectivity index (χ1v) is 7.77. The van der Waals surface area contributed by atoms with Crippen LogP contribution < -0.4 is 10.6 Å². The van der Waals surface area contributed by atoms with E-state index in [0.29, 0.717) is 11.3 Å². The van der Waals surface area contributed by atoms with E-state index < -0.39 is 0 Å². The molecule has 0 bridgehead atoms. The minimum atomic E-state index is -0.347. The first-order chi connectivity index (χ1) is 12.6. The molecule has 0 aliphatic rings. The largest absolute Gasteiger partial charge is 0.345 e. The number of amides is 1. The van der Waals surface area contributed by atoms with E-state index in [2.05, 4.69) is 10.6 Å². The van der Waals surface area contributed by atoms with Crippen LogP contribution in [0.15, 0.2) is 65.9 Å². The molecular formula is C20H15N5O. The van der Waals surface area contributed by atoms with E-state index in [0.717, 1.165) is 5.56 Å². The Morgan fingerprint density at radius 1 is 0.923 bits per heavy atom. The van der Waals surface area contributed by atoms with Crippen LogP contribution >= 0.6 is 0 Å². The molecule has 0 saturated heterocycles. The molecule has 2 rings (SSSR count). The zero-order valence-corrected chi connectivity index (χ0v) is 14.0. The normalized spacial score (nSPS) is 10.4. The van der Waals surface area contributed by atoms with Crippen LogP contribution in [0, 0.1) is 34.0 Å². The molecule has 0 spiro atoms. The highest BCUT2D eigenvalue weighted by Gasteiger charge is 2.16. The van der Waals surface area contributed by atoms with E-state index in [4.69, 9.17) is 10.5 Å². The fourth-order valence-corrected chi connectivity index (χ4v) is 2.31. The van der Waals surface area contributed by atoms with E-state index in [9.17, 15) is 10.1 Å². The minimum absolute atomic E-state index is 0.202. The van der Waals surface area contributed by atoms with Gasteiger partial charge in [-0.25, -0.2) is 0 Å². The molecule has 0 aromatic heterocycles. The Bertz CT molecular complexity index is 942. The Morgan fingerprint density at radius 3 is 2.15 bits per heavy atom. The van der Waals surface area contributed by atoms with Gasteiger partial charge >= 0.3 is 0 Å². The number of allylic oxidation sites excluding steroid dienone is 2. The average Bonchev–Trinajstić information content (AvgIpc) is 2.68. The van der Waals surface area contributed by atoms with Crippen LogP contribution in [0.25, 0.3) is 0 Å². The van der Waals surface area contributed by atoms with Crippen molar-refractivity contribution in [1.29, 1.82) is 15.8 Å². The van der Waals surface area contributed by atoms with E-state index in [1.807, 2.05) is 37.3 Å². The first kappa shape index (κ1) is 18.3. The molecule has 0 aliphatic heterocycles. The topological polar surface area (TPSA) is 112 Å². The number of hydrogen-bond acceptors (Lipinski definition) is 5. The summed E-state index contributed by atoms with van der Waals surface area (Å²) in [5.41, 5.74) is 1.05. The molecule has 2 aromatic rings. The number of hydrogen-bond donors (Lipinski definition) is 2. The van der Waals surface area contributed by atoms with E-state index in [1.165, 1.54) is 0 Å². The van der Waals surface area contributed by atoms with Crippen molar-refractivity contribution in [2.24, 2.45) is 0 Å². The van der Waals surface area contributed by atoms with Crippen molar-refractivity contribution in [3.8, 4) is 18.2 Å². The van der Waals surface area contributed by atoms with Crippen LogP contribution in [0.1, 0.15) is 28.9 Å². The van der Waals surface area contributed by atoms with Crippen LogP contribution in [0.5, 0.6) is 0 Å². The lowest BCUT2D eigenvalue weighted by Crippen LogP contribution is -2.27. The third-order valence-corrected chi connectivity index (χ3v) is 3.66. The van der Waals surface area contributed by atoms with Crippen molar-refractivity contribution in [2.75, 3.05) is 5.32 Å². The van der Waals surface area contributed by atoms with Crippen LogP contribution in [-0.2, 0) is 0 Å². The number of para-hydroxylation sites is 1. The number of carbonyl (C=O) groups excluding carboxylic acids is 1. The second kappa shape index (κ2) is 8.68. The number of nitrogens with zero attached hydrogens (tertiary/aromatic N) is 3. The summed E-state index contributed by atoms with van der Waals surface area (Å²) in [6, 6.07) is 21.0. The third kappa shape index (κ3) is 4.26. The number of nitriles is 3. The van der Waals surface area contributed by atoms with Gasteiger partial charge in [-0.15, -0.1) is 0 Å². The van der Waals surface area contributed by atoms with Gasteiger partial charge in [0, 0.05) is 0 Å². The SMILES string of the molecule is CC(NC(=O)c1ccccc1NC(C#N)=C(C#N)C#N)c1ccccc1. The Hall–Kier alpha value is -4.08. The molecular weight excluding hydrogens is 326 g/mol. The predicted molar refractivity (Wildman–Crippen MR) is 96.3 cm³/mol. The second-order valence-corrected chi connectivity index (χ2v) is 5.36. The maximum atomic E-state index is 12.6. The Morgan fingerprint density at radius 2 is 1.54 bits per heavy atom.